The minimum absolute atomic E-state index is 0.0955. The highest BCUT2D eigenvalue weighted by atomic mass is 16.1. The first kappa shape index (κ1) is 15.3. The first-order chi connectivity index (χ1) is 12.3. The number of benzene rings is 2. The molecule has 2 aromatic heterocycles. The highest BCUT2D eigenvalue weighted by Crippen LogP contribution is 2.08. The van der Waals surface area contributed by atoms with E-state index in [-0.39, 0.29) is 5.56 Å². The van der Waals surface area contributed by atoms with E-state index in [1.54, 1.807) is 6.07 Å². The number of fused-ring (bicyclic) bond motifs is 1. The molecule has 2 aromatic carbocycles. The summed E-state index contributed by atoms with van der Waals surface area (Å²) in [4.78, 5) is 19.6. The molecule has 0 radical (unpaired) electrons. The zero-order valence-corrected chi connectivity index (χ0v) is 13.7. The molecule has 0 saturated carbocycles. The van der Waals surface area contributed by atoms with Crippen LogP contribution >= 0.6 is 0 Å². The Bertz CT molecular complexity index is 1050. The molecule has 0 amide bonds. The van der Waals surface area contributed by atoms with Crippen molar-refractivity contribution in [1.29, 1.82) is 0 Å². The van der Waals surface area contributed by atoms with E-state index >= 15 is 0 Å². The van der Waals surface area contributed by atoms with Crippen molar-refractivity contribution in [3.63, 3.8) is 0 Å². The van der Waals surface area contributed by atoms with Crippen molar-refractivity contribution in [1.82, 2.24) is 9.97 Å². The molecule has 0 unspecified atom stereocenters. The van der Waals surface area contributed by atoms with Crippen molar-refractivity contribution in [2.75, 3.05) is 0 Å². The Kier molecular flexibility index (Phi) is 4.09. The van der Waals surface area contributed by atoms with Gasteiger partial charge >= 0.3 is 0 Å². The Morgan fingerprint density at radius 1 is 0.840 bits per heavy atom. The van der Waals surface area contributed by atoms with E-state index in [1.807, 2.05) is 41.2 Å². The number of pyridine rings is 1. The Morgan fingerprint density at radius 2 is 1.52 bits per heavy atom. The molecule has 25 heavy (non-hydrogen) atoms. The maximum absolute atomic E-state index is 12.1. The predicted molar refractivity (Wildman–Crippen MR) is 97.4 cm³/mol. The molecule has 4 rings (SSSR count). The lowest BCUT2D eigenvalue weighted by Crippen LogP contribution is -2.35. The van der Waals surface area contributed by atoms with Gasteiger partial charge in [0.1, 0.15) is 0 Å². The average Bonchev–Trinajstić information content (AvgIpc) is 2.64. The summed E-state index contributed by atoms with van der Waals surface area (Å²) in [7, 11) is 0. The number of hydrogen-bond acceptors (Lipinski definition) is 2. The van der Waals surface area contributed by atoms with Crippen LogP contribution in [-0.4, -0.2) is 9.97 Å². The van der Waals surface area contributed by atoms with Crippen molar-refractivity contribution < 1.29 is 4.57 Å². The van der Waals surface area contributed by atoms with Crippen LogP contribution in [0.25, 0.3) is 10.9 Å². The van der Waals surface area contributed by atoms with Gasteiger partial charge in [-0.05, 0) is 29.7 Å². The molecule has 122 valence electrons. The van der Waals surface area contributed by atoms with Crippen LogP contribution in [0.5, 0.6) is 0 Å². The number of rotatable bonds is 4. The van der Waals surface area contributed by atoms with Crippen molar-refractivity contribution in [2.24, 2.45) is 0 Å². The third kappa shape index (κ3) is 3.48. The van der Waals surface area contributed by atoms with Gasteiger partial charge in [-0.3, -0.25) is 4.79 Å². The molecule has 4 nitrogen and oxygen atoms in total. The molecular formula is C21H18N3O+. The van der Waals surface area contributed by atoms with Gasteiger partial charge in [0.05, 0.1) is 10.9 Å². The van der Waals surface area contributed by atoms with Crippen molar-refractivity contribution in [2.45, 2.75) is 13.0 Å². The van der Waals surface area contributed by atoms with Gasteiger partial charge in [0.25, 0.3) is 5.56 Å². The Hall–Kier alpha value is -3.27. The van der Waals surface area contributed by atoms with Gasteiger partial charge in [-0.15, -0.1) is 0 Å². The monoisotopic (exact) mass is 328 g/mol. The van der Waals surface area contributed by atoms with E-state index in [0.29, 0.717) is 17.8 Å². The van der Waals surface area contributed by atoms with Crippen LogP contribution in [0, 0.1) is 0 Å². The second kappa shape index (κ2) is 6.69. The zero-order valence-electron chi connectivity index (χ0n) is 13.7. The van der Waals surface area contributed by atoms with Crippen LogP contribution in [0.3, 0.4) is 0 Å². The largest absolute Gasteiger partial charge is 0.305 e. The first-order valence-electron chi connectivity index (χ1n) is 8.28. The van der Waals surface area contributed by atoms with Crippen LogP contribution in [-0.2, 0) is 13.0 Å². The van der Waals surface area contributed by atoms with E-state index < -0.39 is 0 Å². The molecule has 0 bridgehead atoms. The number of para-hydroxylation sites is 1. The zero-order chi connectivity index (χ0) is 17.1. The van der Waals surface area contributed by atoms with Gasteiger partial charge in [0.15, 0.2) is 18.2 Å². The number of aromatic amines is 1. The number of aromatic nitrogens is 3. The summed E-state index contributed by atoms with van der Waals surface area (Å²) in [6.07, 6.45) is 4.95. The highest BCUT2D eigenvalue weighted by Gasteiger charge is 2.08. The van der Waals surface area contributed by atoms with Crippen molar-refractivity contribution in [3.8, 4) is 0 Å². The lowest BCUT2D eigenvalue weighted by Gasteiger charge is -2.03. The van der Waals surface area contributed by atoms with Gasteiger partial charge < -0.3 is 4.98 Å². The topological polar surface area (TPSA) is 49.6 Å². The summed E-state index contributed by atoms with van der Waals surface area (Å²) in [5.41, 5.74) is 3.17. The van der Waals surface area contributed by atoms with Gasteiger partial charge in [-0.2, -0.15) is 4.57 Å². The summed E-state index contributed by atoms with van der Waals surface area (Å²) in [6.45, 7) is 0.533. The Balaban J connectivity index is 1.54. The second-order valence-electron chi connectivity index (χ2n) is 6.07. The lowest BCUT2D eigenvalue weighted by molar-refractivity contribution is -0.689. The SMILES string of the molecule is O=c1[nH]c(C[n+]2ccc(Cc3ccccc3)cc2)nc2ccccc12. The van der Waals surface area contributed by atoms with Crippen LogP contribution in [0.15, 0.2) is 83.9 Å². The van der Waals surface area contributed by atoms with Gasteiger partial charge in [0.2, 0.25) is 6.54 Å². The van der Waals surface area contributed by atoms with E-state index in [1.165, 1.54) is 11.1 Å². The Morgan fingerprint density at radius 3 is 2.32 bits per heavy atom. The predicted octanol–water partition coefficient (Wildman–Crippen LogP) is 2.85. The smallest absolute Gasteiger partial charge is 0.258 e. The average molecular weight is 328 g/mol. The van der Waals surface area contributed by atoms with Gasteiger partial charge in [-0.25, -0.2) is 4.98 Å². The van der Waals surface area contributed by atoms with Crippen molar-refractivity contribution >= 4 is 10.9 Å². The third-order valence-electron chi connectivity index (χ3n) is 4.21. The molecule has 0 spiro atoms. The minimum atomic E-state index is -0.0955. The van der Waals surface area contributed by atoms with Gasteiger partial charge in [-0.1, -0.05) is 42.5 Å². The number of H-pyrrole nitrogens is 1. The van der Waals surface area contributed by atoms with E-state index in [9.17, 15) is 4.79 Å². The summed E-state index contributed by atoms with van der Waals surface area (Å²) in [5.74, 6) is 0.657. The molecule has 0 saturated heterocycles. The van der Waals surface area contributed by atoms with Gasteiger partial charge in [0, 0.05) is 12.1 Å². The summed E-state index contributed by atoms with van der Waals surface area (Å²) in [6, 6.07) is 22.0. The molecule has 4 aromatic rings. The summed E-state index contributed by atoms with van der Waals surface area (Å²) < 4.78 is 2.02. The molecule has 1 N–H and O–H groups in total. The lowest BCUT2D eigenvalue weighted by atomic mass is 10.1. The second-order valence-corrected chi connectivity index (χ2v) is 6.07. The quantitative estimate of drug-likeness (QED) is 0.586. The van der Waals surface area contributed by atoms with E-state index in [2.05, 4.69) is 46.4 Å². The third-order valence-corrected chi connectivity index (χ3v) is 4.21. The van der Waals surface area contributed by atoms with Crippen LogP contribution < -0.4 is 10.1 Å². The maximum atomic E-state index is 12.1. The number of hydrogen-bond donors (Lipinski definition) is 1. The normalized spacial score (nSPS) is 10.9. The van der Waals surface area contributed by atoms with Crippen LogP contribution in [0.2, 0.25) is 0 Å². The van der Waals surface area contributed by atoms with E-state index in [4.69, 9.17) is 0 Å². The van der Waals surface area contributed by atoms with Crippen molar-refractivity contribution in [3.05, 3.63) is 106 Å². The van der Waals surface area contributed by atoms with E-state index in [0.717, 1.165) is 11.9 Å². The molecule has 0 aliphatic rings. The Labute approximate surface area is 145 Å². The molecule has 0 fully saturated rings. The standard InChI is InChI=1S/C21H17N3O/c25-21-18-8-4-5-9-19(18)22-20(23-21)15-24-12-10-17(11-13-24)14-16-6-2-1-3-7-16/h1-13H,14-15H2/p+1. The molecular weight excluding hydrogens is 310 g/mol. The fourth-order valence-electron chi connectivity index (χ4n) is 2.93. The highest BCUT2D eigenvalue weighted by molar-refractivity contribution is 5.77. The molecule has 0 aliphatic carbocycles. The first-order valence-corrected chi connectivity index (χ1v) is 8.28. The molecule has 0 aliphatic heterocycles. The fraction of sp³-hybridized carbons (Fsp3) is 0.0952. The molecule has 0 atom stereocenters. The maximum Gasteiger partial charge on any atom is 0.258 e. The summed E-state index contributed by atoms with van der Waals surface area (Å²) >= 11 is 0. The van der Waals surface area contributed by atoms with Crippen LogP contribution in [0.4, 0.5) is 0 Å². The molecule has 2 heterocycles. The summed E-state index contributed by atoms with van der Waals surface area (Å²) in [5, 5.41) is 0.620. The fourth-order valence-corrected chi connectivity index (χ4v) is 2.93. The minimum Gasteiger partial charge on any atom is -0.305 e. The number of nitrogens with one attached hydrogen (secondary N) is 1. The molecule has 4 heteroatoms. The van der Waals surface area contributed by atoms with Crippen LogP contribution in [0.1, 0.15) is 17.0 Å². The number of nitrogens with zero attached hydrogens (tertiary/aromatic N) is 2.